The fourth-order valence-electron chi connectivity index (χ4n) is 7.52. The van der Waals surface area contributed by atoms with Crippen molar-refractivity contribution in [2.24, 2.45) is 0 Å². The Balaban J connectivity index is 0.000000357. The van der Waals surface area contributed by atoms with Gasteiger partial charge < -0.3 is 0 Å². The van der Waals surface area contributed by atoms with Gasteiger partial charge in [0.25, 0.3) is 0 Å². The van der Waals surface area contributed by atoms with E-state index >= 15 is 0 Å². The number of benzene rings is 8. The van der Waals surface area contributed by atoms with Gasteiger partial charge in [-0.05, 0) is 161 Å². The maximum atomic E-state index is 3.77. The molecule has 0 amide bonds. The molecule has 0 N–H and O–H groups in total. The van der Waals surface area contributed by atoms with E-state index in [1.165, 1.54) is 70.9 Å². The minimum absolute atomic E-state index is 1.02. The van der Waals surface area contributed by atoms with Crippen LogP contribution in [0.1, 0.15) is 105 Å². The second kappa shape index (κ2) is 28.3. The van der Waals surface area contributed by atoms with E-state index in [2.05, 4.69) is 253 Å². The molecule has 344 valence electrons. The van der Waals surface area contributed by atoms with Gasteiger partial charge in [0.2, 0.25) is 0 Å². The lowest BCUT2D eigenvalue weighted by molar-refractivity contribution is 1.12. The lowest BCUT2D eigenvalue weighted by atomic mass is 10.0. The predicted octanol–water partition coefficient (Wildman–Crippen LogP) is 19.5. The third-order valence-corrected chi connectivity index (χ3v) is 11.2. The zero-order valence-electron chi connectivity index (χ0n) is 41.9. The van der Waals surface area contributed by atoms with Crippen molar-refractivity contribution < 1.29 is 0 Å². The summed E-state index contributed by atoms with van der Waals surface area (Å²) < 4.78 is 0. The van der Waals surface area contributed by atoms with Gasteiger partial charge in [-0.2, -0.15) is 0 Å². The van der Waals surface area contributed by atoms with Crippen LogP contribution in [0.4, 0.5) is 0 Å². The average Bonchev–Trinajstić information content (AvgIpc) is 3.38. The maximum Gasteiger partial charge on any atom is 0.0255 e. The summed E-state index contributed by atoms with van der Waals surface area (Å²) in [4.78, 5) is 0. The quantitative estimate of drug-likeness (QED) is 0.0555. The van der Waals surface area contributed by atoms with E-state index in [-0.39, 0.29) is 0 Å². The topological polar surface area (TPSA) is 0 Å². The molecular formula is C69H68. The Morgan fingerprint density at radius 3 is 1.17 bits per heavy atom. The van der Waals surface area contributed by atoms with Crippen LogP contribution in [0.5, 0.6) is 0 Å². The van der Waals surface area contributed by atoms with Crippen LogP contribution in [0.2, 0.25) is 0 Å². The molecular weight excluding hydrogens is 829 g/mol. The van der Waals surface area contributed by atoms with Crippen molar-refractivity contribution in [2.45, 2.75) is 74.1 Å². The van der Waals surface area contributed by atoms with E-state index in [1.807, 2.05) is 39.0 Å². The molecule has 0 nitrogen and oxygen atoms in total. The molecule has 8 aromatic rings. The second-order valence-electron chi connectivity index (χ2n) is 16.5. The first kappa shape index (κ1) is 52.1. The van der Waals surface area contributed by atoms with Gasteiger partial charge in [-0.3, -0.25) is 0 Å². The Kier molecular flexibility index (Phi) is 21.4. The highest BCUT2D eigenvalue weighted by Crippen LogP contribution is 2.23. The Bertz CT molecular complexity index is 3090. The zero-order chi connectivity index (χ0) is 49.2. The molecule has 0 unspecified atom stereocenters. The van der Waals surface area contributed by atoms with Crippen LogP contribution in [-0.2, 0) is 0 Å². The van der Waals surface area contributed by atoms with Crippen LogP contribution in [0, 0.1) is 37.5 Å². The van der Waals surface area contributed by atoms with Crippen molar-refractivity contribution in [1.29, 1.82) is 0 Å². The summed E-state index contributed by atoms with van der Waals surface area (Å²) in [6.45, 7) is 21.7. The predicted molar refractivity (Wildman–Crippen MR) is 309 cm³/mol. The van der Waals surface area contributed by atoms with E-state index in [0.29, 0.717) is 0 Å². The number of hydrogen-bond donors (Lipinski definition) is 0. The summed E-state index contributed by atoms with van der Waals surface area (Å²) in [6.07, 6.45) is 27.2. The molecule has 0 spiro atoms. The fourth-order valence-corrected chi connectivity index (χ4v) is 7.52. The van der Waals surface area contributed by atoms with Crippen LogP contribution >= 0.6 is 0 Å². The molecule has 0 aliphatic carbocycles. The first-order chi connectivity index (χ1) is 33.8. The van der Waals surface area contributed by atoms with Gasteiger partial charge in [-0.1, -0.05) is 233 Å². The van der Waals surface area contributed by atoms with Crippen molar-refractivity contribution in [3.8, 4) is 23.7 Å². The van der Waals surface area contributed by atoms with E-state index < -0.39 is 0 Å². The van der Waals surface area contributed by atoms with Gasteiger partial charge in [0.15, 0.2) is 0 Å². The standard InChI is InChI=1S/C48H32.C14H22.C5H8.C2H6/c1-33-3-17-43-27-35(11-19-41(43)25-33)5-7-37-13-21-47-31-39(15-23-45(47)29-37)9-10-40-16-24-46-30-38(14-22-48(46)32-40)8-6-36-12-20-42-26-34(2)4-18-44(42)28-36;1-4-7-8-9-10-11-12-13-14(5-2)6-3;1-3-5-4-2;1-2/h3-4,9-32H,1-2H3;5,7-8,10-11,13H,2,4,6,9,12H2,1,3H3;3-5H,1H2,2H3;1-2H3/b10-9+;8-7-,11-10?,14-13-;5-4+;. The van der Waals surface area contributed by atoms with Crippen LogP contribution in [0.25, 0.3) is 55.2 Å². The first-order valence-corrected chi connectivity index (χ1v) is 24.4. The third kappa shape index (κ3) is 16.7. The summed E-state index contributed by atoms with van der Waals surface area (Å²) in [5.74, 6) is 13.4. The molecule has 69 heavy (non-hydrogen) atoms. The largest absolute Gasteiger partial charge is 0.0991 e. The molecule has 0 radical (unpaired) electrons. The van der Waals surface area contributed by atoms with Gasteiger partial charge in [0, 0.05) is 22.3 Å². The third-order valence-electron chi connectivity index (χ3n) is 11.2. The Hall–Kier alpha value is -7.90. The summed E-state index contributed by atoms with van der Waals surface area (Å²) in [5, 5.41) is 9.72. The van der Waals surface area contributed by atoms with E-state index in [4.69, 9.17) is 0 Å². The van der Waals surface area contributed by atoms with Crippen LogP contribution in [0.15, 0.2) is 219 Å². The van der Waals surface area contributed by atoms with Gasteiger partial charge >= 0.3 is 0 Å². The smallest absolute Gasteiger partial charge is 0.0255 e. The Morgan fingerprint density at radius 2 is 0.812 bits per heavy atom. The molecule has 0 saturated carbocycles. The molecule has 8 aromatic carbocycles. The lowest BCUT2D eigenvalue weighted by Gasteiger charge is -2.03. The monoisotopic (exact) mass is 897 g/mol. The fraction of sp³-hybridized carbons (Fsp3) is 0.159. The van der Waals surface area contributed by atoms with Crippen LogP contribution in [-0.4, -0.2) is 0 Å². The maximum absolute atomic E-state index is 3.77. The van der Waals surface area contributed by atoms with Crippen molar-refractivity contribution in [3.63, 3.8) is 0 Å². The van der Waals surface area contributed by atoms with Crippen molar-refractivity contribution in [3.05, 3.63) is 264 Å². The highest BCUT2D eigenvalue weighted by atomic mass is 14.1. The number of hydrogen-bond acceptors (Lipinski definition) is 0. The van der Waals surface area contributed by atoms with Gasteiger partial charge in [0.1, 0.15) is 0 Å². The van der Waals surface area contributed by atoms with Crippen molar-refractivity contribution >= 4 is 55.2 Å². The highest BCUT2D eigenvalue weighted by molar-refractivity contribution is 5.90. The lowest BCUT2D eigenvalue weighted by Crippen LogP contribution is -1.82. The zero-order valence-corrected chi connectivity index (χ0v) is 41.9. The summed E-state index contributed by atoms with van der Waals surface area (Å²) in [7, 11) is 0. The summed E-state index contributed by atoms with van der Waals surface area (Å²) >= 11 is 0. The molecule has 0 aliphatic heterocycles. The van der Waals surface area contributed by atoms with Gasteiger partial charge in [-0.25, -0.2) is 0 Å². The van der Waals surface area contributed by atoms with Gasteiger partial charge in [0.05, 0.1) is 0 Å². The number of allylic oxidation sites excluding steroid dienone is 10. The van der Waals surface area contributed by atoms with Crippen LogP contribution < -0.4 is 0 Å². The van der Waals surface area contributed by atoms with E-state index in [0.717, 1.165) is 47.9 Å². The highest BCUT2D eigenvalue weighted by Gasteiger charge is 2.01. The molecule has 0 bridgehead atoms. The summed E-state index contributed by atoms with van der Waals surface area (Å²) in [5.41, 5.74) is 10.3. The molecule has 0 saturated heterocycles. The normalized spacial score (nSPS) is 11.1. The number of rotatable bonds is 10. The minimum atomic E-state index is 1.02. The second-order valence-corrected chi connectivity index (χ2v) is 16.5. The van der Waals surface area contributed by atoms with E-state index in [9.17, 15) is 0 Å². The van der Waals surface area contributed by atoms with Crippen molar-refractivity contribution in [2.75, 3.05) is 0 Å². The summed E-state index contributed by atoms with van der Waals surface area (Å²) in [6, 6.07) is 51.9. The van der Waals surface area contributed by atoms with Gasteiger partial charge in [-0.15, -0.1) is 0 Å². The molecule has 0 aromatic heterocycles. The van der Waals surface area contributed by atoms with Crippen molar-refractivity contribution in [1.82, 2.24) is 0 Å². The molecule has 8 rings (SSSR count). The first-order valence-electron chi connectivity index (χ1n) is 24.4. The average molecular weight is 897 g/mol. The SMILES string of the molecule is C=C/C(=C/CC=CC/C=C\CC)CC.C=C/C=C/C.CC.Cc1ccc2cc(C#Cc3ccc4cc(/C=C/c5ccc6cc(C#Cc7ccc8cc(C)ccc8c7)ccc6c5)ccc4c3)ccc2c1. The molecule has 0 fully saturated rings. The minimum Gasteiger partial charge on any atom is -0.0991 e. The Labute approximate surface area is 414 Å². The molecule has 0 aliphatic rings. The number of aryl methyl sites for hydroxylation is 2. The molecule has 0 atom stereocenters. The Morgan fingerprint density at radius 1 is 0.449 bits per heavy atom. The van der Waals surface area contributed by atoms with Crippen LogP contribution in [0.3, 0.4) is 0 Å². The molecule has 0 heterocycles. The van der Waals surface area contributed by atoms with E-state index in [1.54, 1.807) is 6.08 Å². The molecule has 0 heteroatoms. The number of fused-ring (bicyclic) bond motifs is 4.